The Hall–Kier alpha value is -3.02. The first-order valence-electron chi connectivity index (χ1n) is 8.83. The van der Waals surface area contributed by atoms with E-state index in [1.165, 1.54) is 13.2 Å². The molecule has 0 N–H and O–H groups in total. The average Bonchev–Trinajstić information content (AvgIpc) is 2.67. The number of nitrogens with zero attached hydrogens (tertiary/aromatic N) is 1. The summed E-state index contributed by atoms with van der Waals surface area (Å²) in [5.41, 5.74) is 1.05. The predicted octanol–water partition coefficient (Wildman–Crippen LogP) is 3.69. The third kappa shape index (κ3) is 5.23. The number of carbonyl (C=O) groups is 2. The summed E-state index contributed by atoms with van der Waals surface area (Å²) in [5.74, 6) is 0.0947. The molecule has 0 aliphatic rings. The molecule has 0 saturated carbocycles. The molecule has 27 heavy (non-hydrogen) atoms. The van der Waals surface area contributed by atoms with E-state index in [1.54, 1.807) is 17.0 Å². The van der Waals surface area contributed by atoms with Gasteiger partial charge in [0.2, 0.25) is 0 Å². The van der Waals surface area contributed by atoms with Gasteiger partial charge in [0.05, 0.1) is 19.3 Å². The van der Waals surface area contributed by atoms with Crippen molar-refractivity contribution in [1.29, 1.82) is 0 Å². The lowest BCUT2D eigenvalue weighted by Gasteiger charge is -2.26. The van der Waals surface area contributed by atoms with E-state index in [9.17, 15) is 9.59 Å². The molecule has 1 amide bonds. The second-order valence-electron chi connectivity index (χ2n) is 6.07. The average molecular weight is 371 g/mol. The molecule has 2 aromatic carbocycles. The summed E-state index contributed by atoms with van der Waals surface area (Å²) in [7, 11) is 1.50. The van der Waals surface area contributed by atoms with Crippen molar-refractivity contribution in [2.75, 3.05) is 25.2 Å². The third-order valence-corrected chi connectivity index (χ3v) is 3.85. The minimum atomic E-state index is -0.596. The summed E-state index contributed by atoms with van der Waals surface area (Å²) < 4.78 is 15.9. The van der Waals surface area contributed by atoms with Crippen molar-refractivity contribution in [2.24, 2.45) is 0 Å². The van der Waals surface area contributed by atoms with Gasteiger partial charge in [-0.2, -0.15) is 0 Å². The number of rotatable bonds is 8. The molecule has 0 aliphatic carbocycles. The molecule has 0 aliphatic heterocycles. The van der Waals surface area contributed by atoms with Gasteiger partial charge >= 0.3 is 5.97 Å². The van der Waals surface area contributed by atoms with Gasteiger partial charge < -0.3 is 19.1 Å². The first-order chi connectivity index (χ1) is 13.0. The molecular formula is C21H25NO5. The van der Waals surface area contributed by atoms with E-state index in [0.29, 0.717) is 23.7 Å². The molecule has 0 saturated heterocycles. The third-order valence-electron chi connectivity index (χ3n) is 3.85. The van der Waals surface area contributed by atoms with Crippen LogP contribution >= 0.6 is 0 Å². The molecule has 0 unspecified atom stereocenters. The van der Waals surface area contributed by atoms with Crippen molar-refractivity contribution in [1.82, 2.24) is 0 Å². The Bertz CT molecular complexity index is 773. The minimum Gasteiger partial charge on any atom is -0.493 e. The Morgan fingerprint density at radius 1 is 1.04 bits per heavy atom. The highest BCUT2D eigenvalue weighted by molar-refractivity contribution is 5.97. The van der Waals surface area contributed by atoms with Gasteiger partial charge in [-0.15, -0.1) is 0 Å². The summed E-state index contributed by atoms with van der Waals surface area (Å²) in [5, 5.41) is 0. The van der Waals surface area contributed by atoms with E-state index in [2.05, 4.69) is 0 Å². The van der Waals surface area contributed by atoms with Gasteiger partial charge in [-0.3, -0.25) is 4.79 Å². The lowest BCUT2D eigenvalue weighted by atomic mass is 10.2. The van der Waals surface area contributed by atoms with Crippen LogP contribution in [0.4, 0.5) is 5.69 Å². The molecule has 6 nitrogen and oxygen atoms in total. The largest absolute Gasteiger partial charge is 0.493 e. The van der Waals surface area contributed by atoms with Gasteiger partial charge in [0, 0.05) is 11.7 Å². The fourth-order valence-corrected chi connectivity index (χ4v) is 2.67. The molecule has 0 spiro atoms. The van der Waals surface area contributed by atoms with E-state index >= 15 is 0 Å². The maximum absolute atomic E-state index is 12.6. The van der Waals surface area contributed by atoms with Gasteiger partial charge in [-0.05, 0) is 51.1 Å². The molecule has 6 heteroatoms. The number of carbonyl (C=O) groups excluding carboxylic acids is 2. The van der Waals surface area contributed by atoms with Crippen molar-refractivity contribution in [3.63, 3.8) is 0 Å². The summed E-state index contributed by atoms with van der Waals surface area (Å²) in [6.45, 7) is 5.81. The topological polar surface area (TPSA) is 65.1 Å². The molecule has 0 bridgehead atoms. The molecule has 2 rings (SSSR count). The molecule has 0 aromatic heterocycles. The number of methoxy groups -OCH3 is 1. The molecule has 0 heterocycles. The highest BCUT2D eigenvalue weighted by atomic mass is 16.5. The number of hydrogen-bond donors (Lipinski definition) is 0. The van der Waals surface area contributed by atoms with Crippen LogP contribution in [-0.4, -0.2) is 38.2 Å². The van der Waals surface area contributed by atoms with Gasteiger partial charge in [0.25, 0.3) is 5.91 Å². The number of para-hydroxylation sites is 1. The van der Waals surface area contributed by atoms with Crippen LogP contribution in [0.1, 0.15) is 31.1 Å². The molecule has 0 atom stereocenters. The van der Waals surface area contributed by atoms with E-state index in [-0.39, 0.29) is 18.6 Å². The highest BCUT2D eigenvalue weighted by Crippen LogP contribution is 2.28. The van der Waals surface area contributed by atoms with Crippen LogP contribution in [0.5, 0.6) is 11.5 Å². The van der Waals surface area contributed by atoms with Gasteiger partial charge in [0.1, 0.15) is 0 Å². The summed E-state index contributed by atoms with van der Waals surface area (Å²) in [6, 6.07) is 14.0. The van der Waals surface area contributed by atoms with Crippen LogP contribution in [0.25, 0.3) is 0 Å². The normalized spacial score (nSPS) is 10.4. The number of benzene rings is 2. The smallest absolute Gasteiger partial charge is 0.338 e. The molecular weight excluding hydrogens is 346 g/mol. The number of hydrogen-bond acceptors (Lipinski definition) is 5. The Balaban J connectivity index is 2.06. The van der Waals surface area contributed by atoms with Crippen molar-refractivity contribution < 1.29 is 23.8 Å². The zero-order valence-corrected chi connectivity index (χ0v) is 16.1. The highest BCUT2D eigenvalue weighted by Gasteiger charge is 2.21. The van der Waals surface area contributed by atoms with E-state index in [4.69, 9.17) is 14.2 Å². The van der Waals surface area contributed by atoms with Gasteiger partial charge in [-0.25, -0.2) is 4.79 Å². The maximum atomic E-state index is 12.6. The molecule has 144 valence electrons. The van der Waals surface area contributed by atoms with E-state index in [0.717, 1.165) is 5.69 Å². The van der Waals surface area contributed by atoms with Crippen LogP contribution in [0.15, 0.2) is 48.5 Å². The monoisotopic (exact) mass is 371 g/mol. The first kappa shape index (κ1) is 20.3. The van der Waals surface area contributed by atoms with Crippen molar-refractivity contribution >= 4 is 17.6 Å². The van der Waals surface area contributed by atoms with Crippen LogP contribution in [0.3, 0.4) is 0 Å². The lowest BCUT2D eigenvalue weighted by Crippen LogP contribution is -2.39. The van der Waals surface area contributed by atoms with Crippen LogP contribution in [0, 0.1) is 0 Å². The number of ether oxygens (including phenoxy) is 3. The fraction of sp³-hybridized carbons (Fsp3) is 0.333. The summed E-state index contributed by atoms with van der Waals surface area (Å²) >= 11 is 0. The number of anilines is 1. The zero-order valence-electron chi connectivity index (χ0n) is 16.1. The van der Waals surface area contributed by atoms with Crippen molar-refractivity contribution in [3.8, 4) is 11.5 Å². The SMILES string of the molecule is CCOc1ccc(C(=O)OCC(=O)N(c2ccccc2)C(C)C)cc1OC. The van der Waals surface area contributed by atoms with Gasteiger partial charge in [-0.1, -0.05) is 18.2 Å². The van der Waals surface area contributed by atoms with Crippen molar-refractivity contribution in [3.05, 3.63) is 54.1 Å². The summed E-state index contributed by atoms with van der Waals surface area (Å²) in [4.78, 5) is 26.5. The second-order valence-corrected chi connectivity index (χ2v) is 6.07. The lowest BCUT2D eigenvalue weighted by molar-refractivity contribution is -0.122. The Morgan fingerprint density at radius 2 is 1.74 bits per heavy atom. The fourth-order valence-electron chi connectivity index (χ4n) is 2.67. The van der Waals surface area contributed by atoms with Crippen LogP contribution in [-0.2, 0) is 9.53 Å². The zero-order chi connectivity index (χ0) is 19.8. The summed E-state index contributed by atoms with van der Waals surface area (Å²) in [6.07, 6.45) is 0. The predicted molar refractivity (Wildman–Crippen MR) is 104 cm³/mol. The Morgan fingerprint density at radius 3 is 2.33 bits per heavy atom. The van der Waals surface area contributed by atoms with Crippen LogP contribution < -0.4 is 14.4 Å². The quantitative estimate of drug-likeness (QED) is 0.662. The molecule has 0 fully saturated rings. The van der Waals surface area contributed by atoms with E-state index in [1.807, 2.05) is 51.1 Å². The Kier molecular flexibility index (Phi) is 7.23. The minimum absolute atomic E-state index is 0.0656. The first-order valence-corrected chi connectivity index (χ1v) is 8.83. The molecule has 0 radical (unpaired) electrons. The van der Waals surface area contributed by atoms with Crippen LogP contribution in [0.2, 0.25) is 0 Å². The number of esters is 1. The maximum Gasteiger partial charge on any atom is 0.338 e. The Labute approximate surface area is 159 Å². The van der Waals surface area contributed by atoms with E-state index < -0.39 is 5.97 Å². The standard InChI is InChI=1S/C21H25NO5/c1-5-26-18-12-11-16(13-19(18)25-4)21(24)27-14-20(23)22(15(2)3)17-9-7-6-8-10-17/h6-13,15H,5,14H2,1-4H3. The second kappa shape index (κ2) is 9.62. The number of amides is 1. The van der Waals surface area contributed by atoms with Crippen molar-refractivity contribution in [2.45, 2.75) is 26.8 Å². The van der Waals surface area contributed by atoms with Gasteiger partial charge in [0.15, 0.2) is 18.1 Å². The molecule has 2 aromatic rings.